The number of rotatable bonds is 7. The van der Waals surface area contributed by atoms with E-state index in [4.69, 9.17) is 4.74 Å². The van der Waals surface area contributed by atoms with Crippen LogP contribution >= 0.6 is 0 Å². The van der Waals surface area contributed by atoms with E-state index in [-0.39, 0.29) is 11.4 Å². The maximum Gasteiger partial charge on any atom is 0.266 e. The fraction of sp³-hybridized carbons (Fsp3) is 0.120. The number of halogens is 2. The minimum atomic E-state index is -0.609. The van der Waals surface area contributed by atoms with E-state index in [1.54, 1.807) is 36.4 Å². The third-order valence-corrected chi connectivity index (χ3v) is 4.51. The smallest absolute Gasteiger partial charge is 0.266 e. The molecule has 0 aliphatic rings. The van der Waals surface area contributed by atoms with Gasteiger partial charge in [0.25, 0.3) is 5.91 Å². The lowest BCUT2D eigenvalue weighted by atomic mass is 10.0. The molecular weight excluding hydrogens is 398 g/mol. The lowest BCUT2D eigenvalue weighted by molar-refractivity contribution is -0.112. The molecule has 0 spiro atoms. The molecule has 6 heteroatoms. The third-order valence-electron chi connectivity index (χ3n) is 4.51. The van der Waals surface area contributed by atoms with Crippen molar-refractivity contribution < 1.29 is 18.3 Å². The highest BCUT2D eigenvalue weighted by atomic mass is 19.1. The zero-order valence-electron chi connectivity index (χ0n) is 16.9. The van der Waals surface area contributed by atoms with Crippen molar-refractivity contribution in [1.29, 1.82) is 5.26 Å². The molecule has 31 heavy (non-hydrogen) atoms. The summed E-state index contributed by atoms with van der Waals surface area (Å²) in [5.41, 5.74) is 2.18. The van der Waals surface area contributed by atoms with E-state index < -0.39 is 11.7 Å². The number of hydrogen-bond acceptors (Lipinski definition) is 3. The summed E-state index contributed by atoms with van der Waals surface area (Å²) in [7, 11) is 0. The number of hydrogen-bond donors (Lipinski definition) is 1. The van der Waals surface area contributed by atoms with E-state index in [0.29, 0.717) is 35.6 Å². The Morgan fingerprint density at radius 2 is 1.81 bits per heavy atom. The van der Waals surface area contributed by atoms with Crippen LogP contribution in [-0.2, 0) is 11.2 Å². The van der Waals surface area contributed by atoms with Gasteiger partial charge in [-0.2, -0.15) is 5.26 Å². The molecule has 3 rings (SSSR count). The van der Waals surface area contributed by atoms with E-state index in [1.807, 2.05) is 13.0 Å². The quantitative estimate of drug-likeness (QED) is 0.407. The van der Waals surface area contributed by atoms with Gasteiger partial charge in [0.05, 0.1) is 6.61 Å². The molecule has 0 heterocycles. The van der Waals surface area contributed by atoms with Crippen molar-refractivity contribution >= 4 is 17.7 Å². The van der Waals surface area contributed by atoms with Crippen LogP contribution in [0.15, 0.2) is 72.3 Å². The van der Waals surface area contributed by atoms with Crippen LogP contribution in [0.3, 0.4) is 0 Å². The fourth-order valence-corrected chi connectivity index (χ4v) is 2.99. The van der Waals surface area contributed by atoms with Gasteiger partial charge in [-0.15, -0.1) is 0 Å². The van der Waals surface area contributed by atoms with Gasteiger partial charge < -0.3 is 10.1 Å². The lowest BCUT2D eigenvalue weighted by Crippen LogP contribution is -2.13. The van der Waals surface area contributed by atoms with Crippen molar-refractivity contribution in [1.82, 2.24) is 0 Å². The molecule has 1 amide bonds. The second kappa shape index (κ2) is 10.2. The Kier molecular flexibility index (Phi) is 7.13. The summed E-state index contributed by atoms with van der Waals surface area (Å²) in [6, 6.07) is 18.9. The summed E-state index contributed by atoms with van der Waals surface area (Å²) >= 11 is 0. The summed E-state index contributed by atoms with van der Waals surface area (Å²) in [6.45, 7) is 2.25. The normalized spacial score (nSPS) is 11.0. The molecule has 0 aromatic heterocycles. The summed E-state index contributed by atoms with van der Waals surface area (Å²) in [4.78, 5) is 12.4. The van der Waals surface area contributed by atoms with Gasteiger partial charge in [-0.3, -0.25) is 4.79 Å². The van der Waals surface area contributed by atoms with Crippen LogP contribution in [0.2, 0.25) is 0 Å². The lowest BCUT2D eigenvalue weighted by Gasteiger charge is -2.12. The number of anilines is 1. The number of nitriles is 1. The van der Waals surface area contributed by atoms with Gasteiger partial charge in [0.15, 0.2) is 0 Å². The monoisotopic (exact) mass is 418 g/mol. The number of carbonyl (C=O) groups is 1. The molecule has 0 saturated carbocycles. The van der Waals surface area contributed by atoms with Gasteiger partial charge >= 0.3 is 0 Å². The van der Waals surface area contributed by atoms with Crippen molar-refractivity contribution in [3.05, 3.63) is 101 Å². The highest BCUT2D eigenvalue weighted by Crippen LogP contribution is 2.26. The summed E-state index contributed by atoms with van der Waals surface area (Å²) < 4.78 is 32.8. The predicted octanol–water partition coefficient (Wildman–Crippen LogP) is 5.50. The van der Waals surface area contributed by atoms with Crippen LogP contribution in [0.25, 0.3) is 6.08 Å². The van der Waals surface area contributed by atoms with Crippen LogP contribution in [-0.4, -0.2) is 12.5 Å². The van der Waals surface area contributed by atoms with Crippen LogP contribution in [0, 0.1) is 23.0 Å². The Morgan fingerprint density at radius 3 is 2.48 bits per heavy atom. The summed E-state index contributed by atoms with van der Waals surface area (Å²) in [6.07, 6.45) is 1.79. The minimum absolute atomic E-state index is 0.117. The Labute approximate surface area is 179 Å². The van der Waals surface area contributed by atoms with Gasteiger partial charge in [0, 0.05) is 12.1 Å². The van der Waals surface area contributed by atoms with E-state index in [9.17, 15) is 18.8 Å². The molecule has 0 fully saturated rings. The highest BCUT2D eigenvalue weighted by molar-refractivity contribution is 6.09. The zero-order valence-corrected chi connectivity index (χ0v) is 16.9. The molecular formula is C25H20F2N2O2. The van der Waals surface area contributed by atoms with E-state index >= 15 is 0 Å². The standard InChI is InChI=1S/C25H20F2N2O2/c1-2-31-24-14-17(7-8-19(24)15-18-5-3-4-6-23(18)27)13-20(16-28)25(30)29-22-11-9-21(26)10-12-22/h3-14H,2,15H2,1H3,(H,29,30)/b20-13+. The first-order chi connectivity index (χ1) is 15.0. The number of nitrogens with one attached hydrogen (secondary N) is 1. The maximum atomic E-state index is 14.0. The molecule has 156 valence electrons. The van der Waals surface area contributed by atoms with Crippen LogP contribution in [0.5, 0.6) is 5.75 Å². The Morgan fingerprint density at radius 1 is 1.06 bits per heavy atom. The van der Waals surface area contributed by atoms with Crippen molar-refractivity contribution in [3.8, 4) is 11.8 Å². The van der Waals surface area contributed by atoms with Gasteiger partial charge in [-0.25, -0.2) is 8.78 Å². The van der Waals surface area contributed by atoms with Gasteiger partial charge in [0.2, 0.25) is 0 Å². The molecule has 0 aliphatic carbocycles. The molecule has 0 atom stereocenters. The van der Waals surface area contributed by atoms with Gasteiger partial charge in [-0.05, 0) is 66.1 Å². The average Bonchev–Trinajstić information content (AvgIpc) is 2.77. The molecule has 0 unspecified atom stereocenters. The topological polar surface area (TPSA) is 62.1 Å². The largest absolute Gasteiger partial charge is 0.494 e. The second-order valence-electron chi connectivity index (χ2n) is 6.70. The molecule has 0 aliphatic heterocycles. The molecule has 1 N–H and O–H groups in total. The molecule has 3 aromatic rings. The highest BCUT2D eigenvalue weighted by Gasteiger charge is 2.12. The van der Waals surface area contributed by atoms with Crippen molar-refractivity contribution in [3.63, 3.8) is 0 Å². The maximum absolute atomic E-state index is 14.0. The van der Waals surface area contributed by atoms with Crippen molar-refractivity contribution in [2.75, 3.05) is 11.9 Å². The van der Waals surface area contributed by atoms with E-state index in [2.05, 4.69) is 5.32 Å². The van der Waals surface area contributed by atoms with Gasteiger partial charge in [-0.1, -0.05) is 30.3 Å². The minimum Gasteiger partial charge on any atom is -0.494 e. The number of amides is 1. The van der Waals surface area contributed by atoms with E-state index in [1.165, 1.54) is 36.4 Å². The van der Waals surface area contributed by atoms with Crippen molar-refractivity contribution in [2.24, 2.45) is 0 Å². The number of ether oxygens (including phenoxy) is 1. The van der Waals surface area contributed by atoms with Crippen LogP contribution in [0.1, 0.15) is 23.6 Å². The summed E-state index contributed by atoms with van der Waals surface area (Å²) in [5.74, 6) is -0.774. The average molecular weight is 418 g/mol. The first-order valence-corrected chi connectivity index (χ1v) is 9.68. The van der Waals surface area contributed by atoms with Gasteiger partial charge in [0.1, 0.15) is 29.0 Å². The Balaban J connectivity index is 1.85. The fourth-order valence-electron chi connectivity index (χ4n) is 2.99. The Bertz CT molecular complexity index is 1150. The van der Waals surface area contributed by atoms with Crippen LogP contribution in [0.4, 0.5) is 14.5 Å². The molecule has 3 aromatic carbocycles. The molecule has 4 nitrogen and oxygen atoms in total. The number of carbonyl (C=O) groups excluding carboxylic acids is 1. The predicted molar refractivity (Wildman–Crippen MR) is 115 cm³/mol. The summed E-state index contributed by atoms with van der Waals surface area (Å²) in [5, 5.41) is 12.0. The zero-order chi connectivity index (χ0) is 22.2. The SMILES string of the molecule is CCOc1cc(/C=C(\C#N)C(=O)Nc2ccc(F)cc2)ccc1Cc1ccccc1F. The number of benzene rings is 3. The first kappa shape index (κ1) is 21.7. The van der Waals surface area contributed by atoms with Crippen molar-refractivity contribution in [2.45, 2.75) is 13.3 Å². The molecule has 0 radical (unpaired) electrons. The molecule has 0 saturated heterocycles. The second-order valence-corrected chi connectivity index (χ2v) is 6.70. The molecule has 0 bridgehead atoms. The van der Waals surface area contributed by atoms with E-state index in [0.717, 1.165) is 5.56 Å². The Hall–Kier alpha value is -3.98. The third kappa shape index (κ3) is 5.77. The first-order valence-electron chi connectivity index (χ1n) is 9.68. The number of nitrogens with zero attached hydrogens (tertiary/aromatic N) is 1. The van der Waals surface area contributed by atoms with Crippen LogP contribution < -0.4 is 10.1 Å².